The lowest BCUT2D eigenvalue weighted by Crippen LogP contribution is -2.15. The number of aliphatic imine (C=N–C) groups is 1. The van der Waals surface area contributed by atoms with E-state index in [1.54, 1.807) is 7.05 Å². The highest BCUT2D eigenvalue weighted by Crippen LogP contribution is 1.93. The highest BCUT2D eigenvalue weighted by Gasteiger charge is 1.97. The van der Waals surface area contributed by atoms with Gasteiger partial charge in [-0.3, -0.25) is 5.41 Å². The number of nitrogens with zero attached hydrogens (tertiary/aromatic N) is 3. The van der Waals surface area contributed by atoms with Gasteiger partial charge in [-0.05, 0) is 18.5 Å². The fraction of sp³-hybridized carbons (Fsp3) is 0.400. The standard InChI is InChI=1S/C5H9ClN4/c1-4(7)9-5(6)10(3)8-2/h7H,2H2,1,3H3. The largest absolute Gasteiger partial charge is 0.287 e. The van der Waals surface area contributed by atoms with Crippen LogP contribution in [0.4, 0.5) is 0 Å². The van der Waals surface area contributed by atoms with E-state index >= 15 is 0 Å². The molecule has 0 atom stereocenters. The zero-order chi connectivity index (χ0) is 8.15. The molecule has 1 N–H and O–H groups in total. The second-order valence-corrected chi connectivity index (χ2v) is 1.97. The fourth-order valence-electron chi connectivity index (χ4n) is 0.269. The normalized spacial score (nSPS) is 10.9. The Balaban J connectivity index is 4.18. The summed E-state index contributed by atoms with van der Waals surface area (Å²) < 4.78 is 0. The molecule has 0 saturated heterocycles. The zero-order valence-electron chi connectivity index (χ0n) is 5.93. The van der Waals surface area contributed by atoms with Crippen molar-refractivity contribution < 1.29 is 0 Å². The molecule has 0 spiro atoms. The lowest BCUT2D eigenvalue weighted by Gasteiger charge is -2.06. The average molecular weight is 161 g/mol. The van der Waals surface area contributed by atoms with Crippen molar-refractivity contribution in [3.05, 3.63) is 0 Å². The van der Waals surface area contributed by atoms with Gasteiger partial charge in [0.25, 0.3) is 0 Å². The SMILES string of the molecule is C=NN(C)C(Cl)=NC(C)=N. The van der Waals surface area contributed by atoms with E-state index in [0.29, 0.717) is 0 Å². The third kappa shape index (κ3) is 3.19. The first-order valence-electron chi connectivity index (χ1n) is 2.57. The lowest BCUT2D eigenvalue weighted by molar-refractivity contribution is 0.561. The predicted molar refractivity (Wildman–Crippen MR) is 44.0 cm³/mol. The third-order valence-electron chi connectivity index (χ3n) is 0.739. The molecule has 0 fully saturated rings. The Kier molecular flexibility index (Phi) is 3.64. The van der Waals surface area contributed by atoms with E-state index in [1.807, 2.05) is 0 Å². The number of hydrazone groups is 1. The molecule has 0 saturated carbocycles. The van der Waals surface area contributed by atoms with Crippen LogP contribution in [0.2, 0.25) is 0 Å². The molecule has 0 amide bonds. The molecule has 0 heterocycles. The van der Waals surface area contributed by atoms with Gasteiger partial charge in [0.15, 0.2) is 0 Å². The third-order valence-corrected chi connectivity index (χ3v) is 1.07. The Morgan fingerprint density at radius 2 is 2.20 bits per heavy atom. The molecule has 0 aliphatic carbocycles. The van der Waals surface area contributed by atoms with Crippen molar-refractivity contribution in [2.24, 2.45) is 10.1 Å². The Hall–Kier alpha value is -0.900. The van der Waals surface area contributed by atoms with Crippen LogP contribution in [-0.2, 0) is 0 Å². The van der Waals surface area contributed by atoms with Crippen LogP contribution in [0.1, 0.15) is 6.92 Å². The smallest absolute Gasteiger partial charge is 0.220 e. The Morgan fingerprint density at radius 1 is 1.70 bits per heavy atom. The minimum atomic E-state index is 0.139. The quantitative estimate of drug-likeness (QED) is 0.266. The number of hydrogen-bond donors (Lipinski definition) is 1. The van der Waals surface area contributed by atoms with Gasteiger partial charge < -0.3 is 0 Å². The maximum Gasteiger partial charge on any atom is 0.220 e. The van der Waals surface area contributed by atoms with Crippen molar-refractivity contribution in [2.75, 3.05) is 7.05 Å². The van der Waals surface area contributed by atoms with Crippen molar-refractivity contribution in [1.82, 2.24) is 5.01 Å². The highest BCUT2D eigenvalue weighted by atomic mass is 35.5. The van der Waals surface area contributed by atoms with Gasteiger partial charge in [0.1, 0.15) is 5.84 Å². The van der Waals surface area contributed by atoms with E-state index in [4.69, 9.17) is 17.0 Å². The van der Waals surface area contributed by atoms with Crippen LogP contribution in [0.5, 0.6) is 0 Å². The van der Waals surface area contributed by atoms with E-state index in [-0.39, 0.29) is 11.1 Å². The predicted octanol–water partition coefficient (Wildman–Crippen LogP) is 1.13. The van der Waals surface area contributed by atoms with Crippen LogP contribution in [0, 0.1) is 5.41 Å². The highest BCUT2D eigenvalue weighted by molar-refractivity contribution is 6.65. The first kappa shape index (κ1) is 9.10. The second kappa shape index (κ2) is 4.00. The fourth-order valence-corrected chi connectivity index (χ4v) is 0.449. The number of hydrogen-bond acceptors (Lipinski definition) is 2. The molecule has 5 heteroatoms. The summed E-state index contributed by atoms with van der Waals surface area (Å²) in [5.74, 6) is 0.139. The molecule has 0 radical (unpaired) electrons. The molecule has 0 unspecified atom stereocenters. The molecule has 0 bridgehead atoms. The van der Waals surface area contributed by atoms with E-state index in [1.165, 1.54) is 11.9 Å². The van der Waals surface area contributed by atoms with Gasteiger partial charge in [-0.1, -0.05) is 0 Å². The minimum Gasteiger partial charge on any atom is -0.287 e. The van der Waals surface area contributed by atoms with Crippen molar-refractivity contribution >= 4 is 29.4 Å². The molecule has 0 aromatic heterocycles. The maximum atomic E-state index is 6.93. The topological polar surface area (TPSA) is 51.8 Å². The van der Waals surface area contributed by atoms with Gasteiger partial charge >= 0.3 is 0 Å². The summed E-state index contributed by atoms with van der Waals surface area (Å²) in [6.07, 6.45) is 0. The molecule has 0 aliphatic rings. The van der Waals surface area contributed by atoms with Gasteiger partial charge in [-0.15, -0.1) is 0 Å². The summed E-state index contributed by atoms with van der Waals surface area (Å²) >= 11 is 5.53. The first-order valence-corrected chi connectivity index (χ1v) is 2.95. The van der Waals surface area contributed by atoms with Crippen LogP contribution in [-0.4, -0.2) is 29.9 Å². The Morgan fingerprint density at radius 3 is 2.50 bits per heavy atom. The first-order chi connectivity index (χ1) is 4.57. The van der Waals surface area contributed by atoms with E-state index in [2.05, 4.69) is 16.8 Å². The monoisotopic (exact) mass is 160 g/mol. The van der Waals surface area contributed by atoms with Crippen LogP contribution < -0.4 is 0 Å². The maximum absolute atomic E-state index is 6.93. The van der Waals surface area contributed by atoms with E-state index in [0.717, 1.165) is 0 Å². The van der Waals surface area contributed by atoms with Crippen LogP contribution >= 0.6 is 11.6 Å². The van der Waals surface area contributed by atoms with Crippen molar-refractivity contribution in [1.29, 1.82) is 5.41 Å². The van der Waals surface area contributed by atoms with Crippen molar-refractivity contribution in [3.63, 3.8) is 0 Å². The van der Waals surface area contributed by atoms with Crippen LogP contribution in [0.3, 0.4) is 0 Å². The number of nitrogens with one attached hydrogen (secondary N) is 1. The number of amidine groups is 2. The number of halogens is 1. The summed E-state index contributed by atoms with van der Waals surface area (Å²) in [6, 6.07) is 0. The lowest BCUT2D eigenvalue weighted by atomic mass is 10.7. The molecular weight excluding hydrogens is 152 g/mol. The summed E-state index contributed by atoms with van der Waals surface area (Å²) in [5.41, 5.74) is 0. The van der Waals surface area contributed by atoms with Gasteiger partial charge in [-0.2, -0.15) is 5.10 Å². The molecule has 0 aromatic carbocycles. The van der Waals surface area contributed by atoms with Gasteiger partial charge in [-0.25, -0.2) is 10.0 Å². The minimum absolute atomic E-state index is 0.139. The molecule has 10 heavy (non-hydrogen) atoms. The summed E-state index contributed by atoms with van der Waals surface area (Å²) in [4.78, 5) is 3.61. The average Bonchev–Trinajstić information content (AvgIpc) is 1.85. The summed E-state index contributed by atoms with van der Waals surface area (Å²) in [6.45, 7) is 4.76. The second-order valence-electron chi connectivity index (χ2n) is 1.63. The molecule has 56 valence electrons. The molecular formula is C5H9ClN4. The van der Waals surface area contributed by atoms with Gasteiger partial charge in [0.05, 0.1) is 0 Å². The van der Waals surface area contributed by atoms with E-state index in [9.17, 15) is 0 Å². The van der Waals surface area contributed by atoms with Crippen LogP contribution in [0.15, 0.2) is 10.1 Å². The van der Waals surface area contributed by atoms with E-state index < -0.39 is 0 Å². The number of rotatable bonds is 1. The summed E-state index contributed by atoms with van der Waals surface area (Å²) in [5, 5.41) is 11.8. The molecule has 4 nitrogen and oxygen atoms in total. The van der Waals surface area contributed by atoms with Gasteiger partial charge in [0, 0.05) is 13.8 Å². The Labute approximate surface area is 64.7 Å². The van der Waals surface area contributed by atoms with Crippen LogP contribution in [0.25, 0.3) is 0 Å². The van der Waals surface area contributed by atoms with Gasteiger partial charge in [0.2, 0.25) is 5.29 Å². The van der Waals surface area contributed by atoms with Crippen molar-refractivity contribution in [3.8, 4) is 0 Å². The summed E-state index contributed by atoms with van der Waals surface area (Å²) in [7, 11) is 1.60. The molecule has 0 aliphatic heterocycles. The molecule has 0 rings (SSSR count). The van der Waals surface area contributed by atoms with Crippen molar-refractivity contribution in [2.45, 2.75) is 6.92 Å². The Bertz CT molecular complexity index is 174. The zero-order valence-corrected chi connectivity index (χ0v) is 6.68. The molecule has 0 aromatic rings.